The average Bonchev–Trinajstić information content (AvgIpc) is 3.13. The van der Waals surface area contributed by atoms with E-state index in [1.165, 1.54) is 25.9 Å². The van der Waals surface area contributed by atoms with Crippen LogP contribution >= 0.6 is 0 Å². The smallest absolute Gasteiger partial charge is 0.170 e. The lowest BCUT2D eigenvalue weighted by Gasteiger charge is -2.15. The van der Waals surface area contributed by atoms with Gasteiger partial charge < -0.3 is 20.4 Å². The molecule has 0 unspecified atom stereocenters. The summed E-state index contributed by atoms with van der Waals surface area (Å²) >= 11 is 0. The predicted octanol–water partition coefficient (Wildman–Crippen LogP) is 1.83. The van der Waals surface area contributed by atoms with Gasteiger partial charge in [0.15, 0.2) is 5.84 Å². The summed E-state index contributed by atoms with van der Waals surface area (Å²) in [6, 6.07) is 7.93. The molecule has 0 spiro atoms. The van der Waals surface area contributed by atoms with E-state index in [-0.39, 0.29) is 5.84 Å². The Kier molecular flexibility index (Phi) is 3.60. The van der Waals surface area contributed by atoms with Crippen LogP contribution in [0, 0.1) is 0 Å². The van der Waals surface area contributed by atoms with Gasteiger partial charge >= 0.3 is 0 Å². The first-order valence-corrected chi connectivity index (χ1v) is 7.08. The molecule has 2 aromatic rings. The zero-order valence-corrected chi connectivity index (χ0v) is 11.5. The van der Waals surface area contributed by atoms with Crippen molar-refractivity contribution in [2.75, 3.05) is 19.6 Å². The summed E-state index contributed by atoms with van der Waals surface area (Å²) in [6.07, 6.45) is 4.72. The van der Waals surface area contributed by atoms with Gasteiger partial charge in [-0.05, 0) is 38.1 Å². The van der Waals surface area contributed by atoms with Crippen molar-refractivity contribution in [1.82, 2.24) is 9.47 Å². The Labute approximate surface area is 118 Å². The van der Waals surface area contributed by atoms with Crippen LogP contribution in [0.4, 0.5) is 0 Å². The standard InChI is InChI=1S/C15H20N4O/c16-15(17-20)13-4-3-5-14-12(13)6-9-19(14)11-10-18-7-1-2-8-18/h3-6,9,20H,1-2,7-8,10-11H2,(H2,16,17). The molecule has 3 N–H and O–H groups in total. The van der Waals surface area contributed by atoms with E-state index in [4.69, 9.17) is 10.9 Å². The first kappa shape index (κ1) is 13.0. The van der Waals surface area contributed by atoms with E-state index in [1.54, 1.807) is 0 Å². The minimum atomic E-state index is 0.160. The zero-order chi connectivity index (χ0) is 13.9. The van der Waals surface area contributed by atoms with Crippen molar-refractivity contribution in [3.63, 3.8) is 0 Å². The van der Waals surface area contributed by atoms with Gasteiger partial charge in [-0.3, -0.25) is 0 Å². The zero-order valence-electron chi connectivity index (χ0n) is 11.5. The first-order valence-electron chi connectivity index (χ1n) is 7.08. The van der Waals surface area contributed by atoms with Gasteiger partial charge in [0.1, 0.15) is 0 Å². The molecule has 0 amide bonds. The third-order valence-corrected chi connectivity index (χ3v) is 4.05. The Hall–Kier alpha value is -2.01. The summed E-state index contributed by atoms with van der Waals surface area (Å²) in [5.74, 6) is 0.160. The van der Waals surface area contributed by atoms with Crippen molar-refractivity contribution < 1.29 is 5.21 Å². The Balaban J connectivity index is 1.85. The lowest BCUT2D eigenvalue weighted by molar-refractivity contribution is 0.318. The molecule has 0 aliphatic carbocycles. The third kappa shape index (κ3) is 2.36. The predicted molar refractivity (Wildman–Crippen MR) is 80.1 cm³/mol. The van der Waals surface area contributed by atoms with Crippen LogP contribution in [0.25, 0.3) is 10.9 Å². The Morgan fingerprint density at radius 2 is 2.00 bits per heavy atom. The maximum atomic E-state index is 8.85. The van der Waals surface area contributed by atoms with E-state index in [0.29, 0.717) is 0 Å². The van der Waals surface area contributed by atoms with Crippen LogP contribution < -0.4 is 5.73 Å². The fourth-order valence-electron chi connectivity index (χ4n) is 2.95. The molecule has 5 heteroatoms. The number of hydrogen-bond acceptors (Lipinski definition) is 3. The minimum Gasteiger partial charge on any atom is -0.409 e. The topological polar surface area (TPSA) is 66.8 Å². The maximum Gasteiger partial charge on any atom is 0.170 e. The van der Waals surface area contributed by atoms with Gasteiger partial charge in [-0.2, -0.15) is 0 Å². The number of likely N-dealkylation sites (tertiary alicyclic amines) is 1. The molecule has 0 radical (unpaired) electrons. The number of oxime groups is 1. The highest BCUT2D eigenvalue weighted by molar-refractivity contribution is 6.08. The number of rotatable bonds is 4. The summed E-state index contributed by atoms with van der Waals surface area (Å²) in [5, 5.41) is 13.0. The van der Waals surface area contributed by atoms with Crippen LogP contribution in [0.3, 0.4) is 0 Å². The molecule has 0 atom stereocenters. The number of hydrogen-bond donors (Lipinski definition) is 2. The van der Waals surface area contributed by atoms with E-state index in [1.807, 2.05) is 18.2 Å². The normalized spacial score (nSPS) is 17.1. The summed E-state index contributed by atoms with van der Waals surface area (Å²) in [6.45, 7) is 4.49. The van der Waals surface area contributed by atoms with E-state index >= 15 is 0 Å². The van der Waals surface area contributed by atoms with Gasteiger partial charge in [-0.25, -0.2) is 0 Å². The van der Waals surface area contributed by atoms with Gasteiger partial charge in [0.25, 0.3) is 0 Å². The monoisotopic (exact) mass is 272 g/mol. The second-order valence-electron chi connectivity index (χ2n) is 5.28. The van der Waals surface area contributed by atoms with E-state index in [0.717, 1.165) is 29.6 Å². The highest BCUT2D eigenvalue weighted by atomic mass is 16.4. The number of fused-ring (bicyclic) bond motifs is 1. The molecule has 5 nitrogen and oxygen atoms in total. The maximum absolute atomic E-state index is 8.85. The first-order chi connectivity index (χ1) is 9.79. The second kappa shape index (κ2) is 5.54. The molecule has 0 bridgehead atoms. The lowest BCUT2D eigenvalue weighted by Crippen LogP contribution is -2.23. The van der Waals surface area contributed by atoms with Crippen molar-refractivity contribution in [2.45, 2.75) is 19.4 Å². The SMILES string of the molecule is N/C(=N/O)c1cccc2c1ccn2CCN1CCCC1. The van der Waals surface area contributed by atoms with E-state index < -0.39 is 0 Å². The average molecular weight is 272 g/mol. The fourth-order valence-corrected chi connectivity index (χ4v) is 2.95. The summed E-state index contributed by atoms with van der Waals surface area (Å²) < 4.78 is 2.24. The third-order valence-electron chi connectivity index (χ3n) is 4.05. The lowest BCUT2D eigenvalue weighted by atomic mass is 10.1. The fraction of sp³-hybridized carbons (Fsp3) is 0.400. The molecule has 2 heterocycles. The molecule has 1 aromatic heterocycles. The molecule has 20 heavy (non-hydrogen) atoms. The quantitative estimate of drug-likeness (QED) is 0.386. The van der Waals surface area contributed by atoms with Gasteiger partial charge in [0, 0.05) is 35.8 Å². The highest BCUT2D eigenvalue weighted by Crippen LogP contribution is 2.20. The van der Waals surface area contributed by atoms with Gasteiger partial charge in [-0.15, -0.1) is 0 Å². The van der Waals surface area contributed by atoms with Crippen LogP contribution in [0.2, 0.25) is 0 Å². The highest BCUT2D eigenvalue weighted by Gasteiger charge is 2.12. The minimum absolute atomic E-state index is 0.160. The van der Waals surface area contributed by atoms with Crippen molar-refractivity contribution >= 4 is 16.7 Å². The molecule has 106 valence electrons. The number of amidine groups is 1. The number of aromatic nitrogens is 1. The molecule has 1 aliphatic rings. The van der Waals surface area contributed by atoms with Gasteiger partial charge in [-0.1, -0.05) is 17.3 Å². The van der Waals surface area contributed by atoms with E-state index in [2.05, 4.69) is 26.9 Å². The van der Waals surface area contributed by atoms with Crippen LogP contribution in [0.1, 0.15) is 18.4 Å². The van der Waals surface area contributed by atoms with Crippen LogP contribution in [0.5, 0.6) is 0 Å². The molecule has 3 rings (SSSR count). The number of nitrogens with zero attached hydrogens (tertiary/aromatic N) is 3. The molecule has 1 fully saturated rings. The molecule has 1 aromatic carbocycles. The summed E-state index contributed by atoms with van der Waals surface area (Å²) in [4.78, 5) is 2.50. The largest absolute Gasteiger partial charge is 0.409 e. The second-order valence-corrected chi connectivity index (χ2v) is 5.28. The molecule has 1 aliphatic heterocycles. The number of benzene rings is 1. The molecule has 1 saturated heterocycles. The Morgan fingerprint density at radius 3 is 2.75 bits per heavy atom. The van der Waals surface area contributed by atoms with Crippen molar-refractivity contribution in [1.29, 1.82) is 0 Å². The van der Waals surface area contributed by atoms with Crippen molar-refractivity contribution in [3.05, 3.63) is 36.0 Å². The Morgan fingerprint density at radius 1 is 1.20 bits per heavy atom. The molecule has 0 saturated carbocycles. The van der Waals surface area contributed by atoms with Crippen LogP contribution in [-0.4, -0.2) is 40.1 Å². The molecular weight excluding hydrogens is 252 g/mol. The van der Waals surface area contributed by atoms with Gasteiger partial charge in [0.2, 0.25) is 0 Å². The van der Waals surface area contributed by atoms with Crippen LogP contribution in [0.15, 0.2) is 35.6 Å². The Bertz CT molecular complexity index is 626. The van der Waals surface area contributed by atoms with Crippen molar-refractivity contribution in [2.24, 2.45) is 10.9 Å². The number of nitrogens with two attached hydrogens (primary N) is 1. The molecular formula is C15H20N4O. The van der Waals surface area contributed by atoms with Crippen LogP contribution in [-0.2, 0) is 6.54 Å². The van der Waals surface area contributed by atoms with Crippen molar-refractivity contribution in [3.8, 4) is 0 Å². The summed E-state index contributed by atoms with van der Waals surface area (Å²) in [7, 11) is 0. The summed E-state index contributed by atoms with van der Waals surface area (Å²) in [5.41, 5.74) is 7.64. The van der Waals surface area contributed by atoms with Gasteiger partial charge in [0.05, 0.1) is 0 Å². The van der Waals surface area contributed by atoms with E-state index in [9.17, 15) is 0 Å².